The molecule has 3 heteroatoms. The van der Waals surface area contributed by atoms with Gasteiger partial charge in [-0.3, -0.25) is 4.99 Å². The highest BCUT2D eigenvalue weighted by Crippen LogP contribution is 2.19. The van der Waals surface area contributed by atoms with Gasteiger partial charge in [0.15, 0.2) is 0 Å². The van der Waals surface area contributed by atoms with E-state index in [1.54, 1.807) is 0 Å². The fourth-order valence-electron chi connectivity index (χ4n) is 1.05. The van der Waals surface area contributed by atoms with Gasteiger partial charge >= 0.3 is 0 Å². The zero-order valence-corrected chi connectivity index (χ0v) is 8.03. The van der Waals surface area contributed by atoms with Crippen molar-refractivity contribution in [2.24, 2.45) is 16.6 Å². The van der Waals surface area contributed by atoms with Crippen LogP contribution in [0.15, 0.2) is 4.99 Å². The van der Waals surface area contributed by atoms with Crippen molar-refractivity contribution in [3.8, 4) is 0 Å². The summed E-state index contributed by atoms with van der Waals surface area (Å²) in [6, 6.07) is 0.187. The van der Waals surface area contributed by atoms with Crippen molar-refractivity contribution in [1.82, 2.24) is 0 Å². The van der Waals surface area contributed by atoms with E-state index in [0.717, 1.165) is 18.7 Å². The van der Waals surface area contributed by atoms with E-state index in [-0.39, 0.29) is 6.04 Å². The Bertz CT molecular complexity index is 156. The van der Waals surface area contributed by atoms with Crippen LogP contribution in [0.25, 0.3) is 0 Å². The molecule has 1 aliphatic heterocycles. The Balaban J connectivity index is 2.45. The SMILES string of the molecule is CCC(C)C(N)C1=NCCS1. The third-order valence-electron chi connectivity index (χ3n) is 2.15. The van der Waals surface area contributed by atoms with Crippen LogP contribution in [-0.4, -0.2) is 23.4 Å². The fraction of sp³-hybridized carbons (Fsp3) is 0.875. The minimum atomic E-state index is 0.187. The van der Waals surface area contributed by atoms with Crippen LogP contribution < -0.4 is 5.73 Å². The van der Waals surface area contributed by atoms with E-state index in [2.05, 4.69) is 18.8 Å². The third kappa shape index (κ3) is 2.20. The zero-order valence-electron chi connectivity index (χ0n) is 7.21. The van der Waals surface area contributed by atoms with Crippen LogP contribution in [0.5, 0.6) is 0 Å². The highest BCUT2D eigenvalue weighted by Gasteiger charge is 2.19. The Labute approximate surface area is 72.6 Å². The maximum atomic E-state index is 5.98. The molecular formula is C8H16N2S. The van der Waals surface area contributed by atoms with E-state index in [1.165, 1.54) is 5.04 Å². The second-order valence-electron chi connectivity index (χ2n) is 2.98. The van der Waals surface area contributed by atoms with Crippen molar-refractivity contribution in [2.75, 3.05) is 12.3 Å². The van der Waals surface area contributed by atoms with E-state index < -0.39 is 0 Å². The monoisotopic (exact) mass is 172 g/mol. The predicted molar refractivity (Wildman–Crippen MR) is 52.2 cm³/mol. The molecule has 0 fully saturated rings. The molecule has 11 heavy (non-hydrogen) atoms. The molecule has 1 aliphatic rings. The van der Waals surface area contributed by atoms with Crippen molar-refractivity contribution in [3.05, 3.63) is 0 Å². The summed E-state index contributed by atoms with van der Waals surface area (Å²) in [6.07, 6.45) is 1.14. The maximum absolute atomic E-state index is 5.98. The topological polar surface area (TPSA) is 38.4 Å². The molecule has 0 aliphatic carbocycles. The first-order chi connectivity index (χ1) is 5.25. The normalized spacial score (nSPS) is 23.0. The molecular weight excluding hydrogens is 156 g/mol. The van der Waals surface area contributed by atoms with Gasteiger partial charge in [-0.1, -0.05) is 20.3 Å². The van der Waals surface area contributed by atoms with Crippen molar-refractivity contribution in [1.29, 1.82) is 0 Å². The zero-order chi connectivity index (χ0) is 8.27. The van der Waals surface area contributed by atoms with Crippen molar-refractivity contribution < 1.29 is 0 Å². The first kappa shape index (κ1) is 9.07. The van der Waals surface area contributed by atoms with E-state index >= 15 is 0 Å². The molecule has 0 spiro atoms. The van der Waals surface area contributed by atoms with Crippen LogP contribution >= 0.6 is 11.8 Å². The number of hydrogen-bond donors (Lipinski definition) is 1. The summed E-state index contributed by atoms with van der Waals surface area (Å²) >= 11 is 1.82. The largest absolute Gasteiger partial charge is 0.322 e. The Morgan fingerprint density at radius 1 is 1.73 bits per heavy atom. The molecule has 0 amide bonds. The average Bonchev–Trinajstić information content (AvgIpc) is 2.53. The Hall–Kier alpha value is -0.0200. The van der Waals surface area contributed by atoms with Gasteiger partial charge in [0, 0.05) is 12.3 Å². The minimum absolute atomic E-state index is 0.187. The number of nitrogens with zero attached hydrogens (tertiary/aromatic N) is 1. The molecule has 0 radical (unpaired) electrons. The van der Waals surface area contributed by atoms with Gasteiger partial charge < -0.3 is 5.73 Å². The van der Waals surface area contributed by atoms with Gasteiger partial charge in [0.05, 0.1) is 11.1 Å². The van der Waals surface area contributed by atoms with Crippen LogP contribution in [-0.2, 0) is 0 Å². The predicted octanol–water partition coefficient (Wildman–Crippen LogP) is 1.51. The second-order valence-corrected chi connectivity index (χ2v) is 4.09. The standard InChI is InChI=1S/C8H16N2S/c1-3-6(2)7(9)8-10-4-5-11-8/h6-7H,3-5,9H2,1-2H3. The lowest BCUT2D eigenvalue weighted by Crippen LogP contribution is -2.34. The Kier molecular flexibility index (Phi) is 3.40. The fourth-order valence-corrected chi connectivity index (χ4v) is 2.05. The molecule has 1 heterocycles. The first-order valence-electron chi connectivity index (χ1n) is 4.18. The molecule has 2 unspecified atom stereocenters. The van der Waals surface area contributed by atoms with Crippen molar-refractivity contribution in [3.63, 3.8) is 0 Å². The highest BCUT2D eigenvalue weighted by molar-refractivity contribution is 8.14. The summed E-state index contributed by atoms with van der Waals surface area (Å²) in [5.74, 6) is 1.69. The minimum Gasteiger partial charge on any atom is -0.322 e. The van der Waals surface area contributed by atoms with Crippen LogP contribution in [0.3, 0.4) is 0 Å². The summed E-state index contributed by atoms with van der Waals surface area (Å²) in [5.41, 5.74) is 5.98. The van der Waals surface area contributed by atoms with Crippen LogP contribution in [0.4, 0.5) is 0 Å². The smallest absolute Gasteiger partial charge is 0.0847 e. The van der Waals surface area contributed by atoms with Crippen LogP contribution in [0.2, 0.25) is 0 Å². The van der Waals surface area contributed by atoms with Gasteiger partial charge in [-0.05, 0) is 5.92 Å². The number of nitrogens with two attached hydrogens (primary N) is 1. The van der Waals surface area contributed by atoms with Gasteiger partial charge in [-0.2, -0.15) is 0 Å². The average molecular weight is 172 g/mol. The van der Waals surface area contributed by atoms with E-state index in [4.69, 9.17) is 5.73 Å². The summed E-state index contributed by atoms with van der Waals surface area (Å²) in [4.78, 5) is 4.36. The lowest BCUT2D eigenvalue weighted by molar-refractivity contribution is 0.525. The first-order valence-corrected chi connectivity index (χ1v) is 5.17. The molecule has 64 valence electrons. The van der Waals surface area contributed by atoms with Gasteiger partial charge in [0.25, 0.3) is 0 Å². The van der Waals surface area contributed by atoms with Gasteiger partial charge in [0.2, 0.25) is 0 Å². The lowest BCUT2D eigenvalue weighted by Gasteiger charge is -2.17. The van der Waals surface area contributed by atoms with Crippen LogP contribution in [0.1, 0.15) is 20.3 Å². The number of thioether (sulfide) groups is 1. The van der Waals surface area contributed by atoms with Crippen molar-refractivity contribution >= 4 is 16.8 Å². The summed E-state index contributed by atoms with van der Waals surface area (Å²) in [5, 5.41) is 1.17. The molecule has 0 aromatic rings. The third-order valence-corrected chi connectivity index (χ3v) is 3.23. The molecule has 0 aromatic carbocycles. The van der Waals surface area contributed by atoms with Crippen LogP contribution in [0, 0.1) is 5.92 Å². The molecule has 0 aromatic heterocycles. The number of rotatable bonds is 3. The van der Waals surface area contributed by atoms with Gasteiger partial charge in [0.1, 0.15) is 0 Å². The van der Waals surface area contributed by atoms with E-state index in [1.807, 2.05) is 11.8 Å². The highest BCUT2D eigenvalue weighted by atomic mass is 32.2. The molecule has 2 N–H and O–H groups in total. The van der Waals surface area contributed by atoms with Gasteiger partial charge in [-0.15, -0.1) is 11.8 Å². The number of aliphatic imine (C=N–C) groups is 1. The quantitative estimate of drug-likeness (QED) is 0.700. The maximum Gasteiger partial charge on any atom is 0.0847 e. The molecule has 0 bridgehead atoms. The van der Waals surface area contributed by atoms with Gasteiger partial charge in [-0.25, -0.2) is 0 Å². The summed E-state index contributed by atoms with van der Waals surface area (Å²) in [7, 11) is 0. The number of hydrogen-bond acceptors (Lipinski definition) is 3. The Morgan fingerprint density at radius 2 is 2.45 bits per heavy atom. The van der Waals surface area contributed by atoms with E-state index in [0.29, 0.717) is 5.92 Å². The lowest BCUT2D eigenvalue weighted by atomic mass is 10.0. The molecule has 2 atom stereocenters. The molecule has 0 saturated heterocycles. The van der Waals surface area contributed by atoms with E-state index in [9.17, 15) is 0 Å². The van der Waals surface area contributed by atoms with Crippen molar-refractivity contribution in [2.45, 2.75) is 26.3 Å². The summed E-state index contributed by atoms with van der Waals surface area (Å²) in [6.45, 7) is 5.32. The molecule has 0 saturated carbocycles. The Morgan fingerprint density at radius 3 is 2.91 bits per heavy atom. The molecule has 1 rings (SSSR count). The summed E-state index contributed by atoms with van der Waals surface area (Å²) < 4.78 is 0. The molecule has 2 nitrogen and oxygen atoms in total. The second kappa shape index (κ2) is 4.12.